The van der Waals surface area contributed by atoms with Gasteiger partial charge in [-0.3, -0.25) is 0 Å². The first kappa shape index (κ1) is 19.2. The van der Waals surface area contributed by atoms with Gasteiger partial charge in [0, 0.05) is 5.02 Å². The van der Waals surface area contributed by atoms with Gasteiger partial charge in [0.25, 0.3) is 20.0 Å². The Balaban J connectivity index is 0.00000242. The zero-order valence-corrected chi connectivity index (χ0v) is 14.7. The van der Waals surface area contributed by atoms with Gasteiger partial charge in [0.05, 0.1) is 9.92 Å². The van der Waals surface area contributed by atoms with Crippen LogP contribution in [-0.4, -0.2) is 16.8 Å². The van der Waals surface area contributed by atoms with E-state index >= 15 is 0 Å². The fraction of sp³-hybridized carbons (Fsp3) is 0. The van der Waals surface area contributed by atoms with Crippen molar-refractivity contribution in [3.8, 4) is 0 Å². The summed E-state index contributed by atoms with van der Waals surface area (Å²) < 4.78 is 50.0. The SMILES string of the molecule is Cl.O=S(=O)(NS(=O)(=O)c1ccc(Cl)cc1Cl)c1ccccc1. The number of nitrogens with one attached hydrogen (secondary N) is 1. The van der Waals surface area contributed by atoms with E-state index in [4.69, 9.17) is 23.2 Å². The molecule has 1 N–H and O–H groups in total. The fourth-order valence-electron chi connectivity index (χ4n) is 1.53. The average Bonchev–Trinajstić information content (AvgIpc) is 2.38. The second kappa shape index (κ2) is 7.16. The van der Waals surface area contributed by atoms with Gasteiger partial charge in [-0.15, -0.1) is 16.5 Å². The van der Waals surface area contributed by atoms with Crippen LogP contribution < -0.4 is 4.13 Å². The van der Waals surface area contributed by atoms with Crippen LogP contribution in [-0.2, 0) is 20.0 Å². The van der Waals surface area contributed by atoms with Crippen molar-refractivity contribution >= 4 is 55.7 Å². The Labute approximate surface area is 144 Å². The molecule has 2 aromatic carbocycles. The maximum atomic E-state index is 12.1. The monoisotopic (exact) mass is 401 g/mol. The standard InChI is InChI=1S/C12H9Cl2NO4S2.ClH/c13-9-6-7-12(11(14)8-9)21(18,19)15-20(16,17)10-4-2-1-3-5-10;/h1-8,15H;1H. The molecular formula is C12H10Cl3NO4S2. The highest BCUT2D eigenvalue weighted by molar-refractivity contribution is 8.04. The molecule has 0 fully saturated rings. The molecule has 0 heterocycles. The quantitative estimate of drug-likeness (QED) is 0.852. The molecule has 0 bridgehead atoms. The molecule has 0 aliphatic carbocycles. The van der Waals surface area contributed by atoms with Crippen LogP contribution in [0, 0.1) is 0 Å². The Kier molecular flexibility index (Phi) is 6.26. The highest BCUT2D eigenvalue weighted by atomic mass is 35.5. The van der Waals surface area contributed by atoms with E-state index in [2.05, 4.69) is 0 Å². The van der Waals surface area contributed by atoms with E-state index in [1.54, 1.807) is 10.2 Å². The lowest BCUT2D eigenvalue weighted by molar-refractivity contribution is 0.577. The Morgan fingerprint density at radius 3 is 1.95 bits per heavy atom. The molecule has 22 heavy (non-hydrogen) atoms. The molecule has 120 valence electrons. The van der Waals surface area contributed by atoms with Crippen LogP contribution in [0.2, 0.25) is 10.0 Å². The molecule has 0 aliphatic rings. The summed E-state index contributed by atoms with van der Waals surface area (Å²) in [6, 6.07) is 10.8. The normalized spacial score (nSPS) is 11.7. The molecule has 2 aromatic rings. The van der Waals surface area contributed by atoms with Crippen LogP contribution in [0.4, 0.5) is 0 Å². The molecule has 0 amide bonds. The van der Waals surface area contributed by atoms with Crippen molar-refractivity contribution in [2.24, 2.45) is 0 Å². The van der Waals surface area contributed by atoms with Gasteiger partial charge in [-0.1, -0.05) is 41.4 Å². The molecule has 0 spiro atoms. The fourth-order valence-corrected chi connectivity index (χ4v) is 5.22. The number of rotatable bonds is 4. The molecule has 0 radical (unpaired) electrons. The highest BCUT2D eigenvalue weighted by Gasteiger charge is 2.26. The number of halogens is 3. The lowest BCUT2D eigenvalue weighted by atomic mass is 10.4. The second-order valence-corrected chi connectivity index (χ2v) is 8.41. The number of sulfonamides is 2. The summed E-state index contributed by atoms with van der Waals surface area (Å²) in [5, 5.41) is 0.0723. The van der Waals surface area contributed by atoms with Crippen molar-refractivity contribution in [1.82, 2.24) is 4.13 Å². The molecule has 0 aromatic heterocycles. The van der Waals surface area contributed by atoms with Gasteiger partial charge in [0.1, 0.15) is 4.90 Å². The Morgan fingerprint density at radius 1 is 0.818 bits per heavy atom. The third-order valence-corrected chi connectivity index (χ3v) is 6.70. The van der Waals surface area contributed by atoms with Crippen molar-refractivity contribution in [2.75, 3.05) is 0 Å². The van der Waals surface area contributed by atoms with Crippen LogP contribution in [0.5, 0.6) is 0 Å². The molecular weight excluding hydrogens is 393 g/mol. The number of hydrogen-bond donors (Lipinski definition) is 1. The van der Waals surface area contributed by atoms with Crippen LogP contribution in [0.1, 0.15) is 0 Å². The molecule has 0 aliphatic heterocycles. The van der Waals surface area contributed by atoms with E-state index in [1.807, 2.05) is 0 Å². The van der Waals surface area contributed by atoms with Crippen molar-refractivity contribution in [2.45, 2.75) is 9.79 Å². The first-order valence-electron chi connectivity index (χ1n) is 5.51. The van der Waals surface area contributed by atoms with Crippen molar-refractivity contribution in [3.63, 3.8) is 0 Å². The lowest BCUT2D eigenvalue weighted by Gasteiger charge is -2.09. The minimum Gasteiger partial charge on any atom is -0.206 e. The van der Waals surface area contributed by atoms with Gasteiger partial charge >= 0.3 is 0 Å². The number of hydrogen-bond acceptors (Lipinski definition) is 4. The van der Waals surface area contributed by atoms with Gasteiger partial charge in [0.2, 0.25) is 0 Å². The summed E-state index contributed by atoms with van der Waals surface area (Å²) in [5.41, 5.74) is 0. The summed E-state index contributed by atoms with van der Waals surface area (Å²) >= 11 is 11.5. The van der Waals surface area contributed by atoms with Gasteiger partial charge < -0.3 is 0 Å². The maximum absolute atomic E-state index is 12.1. The third kappa shape index (κ3) is 4.34. The molecule has 10 heteroatoms. The van der Waals surface area contributed by atoms with E-state index in [0.29, 0.717) is 0 Å². The molecule has 0 atom stereocenters. The van der Waals surface area contributed by atoms with Crippen molar-refractivity contribution < 1.29 is 16.8 Å². The summed E-state index contributed by atoms with van der Waals surface area (Å²) in [6.45, 7) is 0. The smallest absolute Gasteiger partial charge is 0.206 e. The Morgan fingerprint density at radius 2 is 1.41 bits per heavy atom. The van der Waals surface area contributed by atoms with E-state index in [9.17, 15) is 16.8 Å². The first-order chi connectivity index (χ1) is 9.72. The summed E-state index contributed by atoms with van der Waals surface area (Å²) in [7, 11) is -8.56. The van der Waals surface area contributed by atoms with Crippen molar-refractivity contribution in [1.29, 1.82) is 0 Å². The minimum atomic E-state index is -4.34. The largest absolute Gasteiger partial charge is 0.255 e. The minimum absolute atomic E-state index is 0. The molecule has 0 unspecified atom stereocenters. The summed E-state index contributed by atoms with van der Waals surface area (Å²) in [5.74, 6) is 0. The first-order valence-corrected chi connectivity index (χ1v) is 9.23. The average molecular weight is 403 g/mol. The van der Waals surface area contributed by atoms with Crippen LogP contribution in [0.15, 0.2) is 58.3 Å². The number of benzene rings is 2. The molecule has 5 nitrogen and oxygen atoms in total. The van der Waals surface area contributed by atoms with Gasteiger partial charge in [0.15, 0.2) is 0 Å². The van der Waals surface area contributed by atoms with Gasteiger partial charge in [-0.05, 0) is 30.3 Å². The van der Waals surface area contributed by atoms with Crippen LogP contribution >= 0.6 is 35.6 Å². The topological polar surface area (TPSA) is 80.3 Å². The highest BCUT2D eigenvalue weighted by Crippen LogP contribution is 2.25. The Hall–Kier alpha value is -0.830. The van der Waals surface area contributed by atoms with Crippen molar-refractivity contribution in [3.05, 3.63) is 58.6 Å². The third-order valence-electron chi connectivity index (χ3n) is 2.46. The van der Waals surface area contributed by atoms with E-state index in [0.717, 1.165) is 6.07 Å². The zero-order valence-electron chi connectivity index (χ0n) is 10.7. The maximum Gasteiger partial charge on any atom is 0.255 e. The predicted octanol–water partition coefficient (Wildman–Crippen LogP) is 3.08. The summed E-state index contributed by atoms with van der Waals surface area (Å²) in [4.78, 5) is -0.535. The zero-order chi connectivity index (χ0) is 15.7. The molecule has 0 saturated carbocycles. The van der Waals surface area contributed by atoms with Gasteiger partial charge in [-0.2, -0.15) is 0 Å². The van der Waals surface area contributed by atoms with Crippen LogP contribution in [0.25, 0.3) is 0 Å². The van der Waals surface area contributed by atoms with Gasteiger partial charge in [-0.25, -0.2) is 16.8 Å². The molecule has 2 rings (SSSR count). The van der Waals surface area contributed by atoms with E-state index < -0.39 is 20.0 Å². The second-order valence-electron chi connectivity index (χ2n) is 3.98. The Bertz CT molecular complexity index is 868. The molecule has 0 saturated heterocycles. The predicted molar refractivity (Wildman–Crippen MR) is 87.7 cm³/mol. The van der Waals surface area contributed by atoms with Crippen LogP contribution in [0.3, 0.4) is 0 Å². The summed E-state index contributed by atoms with van der Waals surface area (Å²) in [6.07, 6.45) is 0. The van der Waals surface area contributed by atoms with E-state index in [1.165, 1.54) is 36.4 Å². The van der Waals surface area contributed by atoms with E-state index in [-0.39, 0.29) is 32.2 Å². The lowest BCUT2D eigenvalue weighted by Crippen LogP contribution is -2.30.